The highest BCUT2D eigenvalue weighted by Crippen LogP contribution is 2.40. The Kier molecular flexibility index (Phi) is 5.16. The normalized spacial score (nSPS) is 22.0. The van der Waals surface area contributed by atoms with Gasteiger partial charge in [0.2, 0.25) is 5.13 Å². The van der Waals surface area contributed by atoms with Crippen LogP contribution in [0.2, 0.25) is 0 Å². The summed E-state index contributed by atoms with van der Waals surface area (Å²) in [5, 5.41) is 33.5. The van der Waals surface area contributed by atoms with Gasteiger partial charge >= 0.3 is 5.97 Å². The Morgan fingerprint density at radius 1 is 1.48 bits per heavy atom. The van der Waals surface area contributed by atoms with Crippen molar-refractivity contribution in [3.8, 4) is 0 Å². The first-order valence-electron chi connectivity index (χ1n) is 7.35. The van der Waals surface area contributed by atoms with Crippen LogP contribution in [0.25, 0.3) is 0 Å². The predicted molar refractivity (Wildman–Crippen MR) is 95.7 cm³/mol. The number of nitrogens with zero attached hydrogens (tertiary/aromatic N) is 3. The minimum absolute atomic E-state index is 0.00320. The van der Waals surface area contributed by atoms with E-state index in [9.17, 15) is 19.5 Å². The molecule has 0 spiro atoms. The molecule has 0 radical (unpaired) electrons. The Morgan fingerprint density at radius 3 is 2.78 bits per heavy atom. The topological polar surface area (TPSA) is 164 Å². The Balaban J connectivity index is 1.77. The Morgan fingerprint density at radius 2 is 2.22 bits per heavy atom. The SMILES string of the molecule is C=CC1=C(C(=O)O)N2C(=O)[C@@H](NC(=O)/C(=N\O)c3csc(NO)n3)[C@H]2SC1. The van der Waals surface area contributed by atoms with Crippen molar-refractivity contribution in [2.75, 3.05) is 11.2 Å². The number of thioether (sulfide) groups is 1. The number of thiazole rings is 1. The molecule has 27 heavy (non-hydrogen) atoms. The monoisotopic (exact) mass is 411 g/mol. The number of carboxylic acids is 1. The van der Waals surface area contributed by atoms with Crippen LogP contribution in [0.15, 0.2) is 34.5 Å². The van der Waals surface area contributed by atoms with Crippen LogP contribution in [0.4, 0.5) is 5.13 Å². The molecule has 1 aromatic rings. The molecule has 0 aromatic carbocycles. The van der Waals surface area contributed by atoms with Gasteiger partial charge in [-0.2, -0.15) is 0 Å². The molecule has 2 aliphatic heterocycles. The highest BCUT2D eigenvalue weighted by Gasteiger charge is 2.54. The van der Waals surface area contributed by atoms with Crippen molar-refractivity contribution in [1.82, 2.24) is 15.2 Å². The highest BCUT2D eigenvalue weighted by atomic mass is 32.2. The highest BCUT2D eigenvalue weighted by molar-refractivity contribution is 8.00. The van der Waals surface area contributed by atoms with Crippen LogP contribution in [-0.2, 0) is 14.4 Å². The number of aliphatic carboxylic acids is 1. The number of nitrogens with one attached hydrogen (secondary N) is 2. The molecule has 142 valence electrons. The Hall–Kier alpha value is -2.90. The number of hydrogen-bond donors (Lipinski definition) is 5. The molecule has 0 unspecified atom stereocenters. The van der Waals surface area contributed by atoms with Gasteiger partial charge in [-0.25, -0.2) is 15.3 Å². The van der Waals surface area contributed by atoms with Gasteiger partial charge in [0, 0.05) is 11.1 Å². The van der Waals surface area contributed by atoms with E-state index in [1.807, 2.05) is 0 Å². The molecule has 13 heteroatoms. The number of hydrogen-bond acceptors (Lipinski definition) is 10. The molecule has 1 saturated heterocycles. The number of carbonyl (C=O) groups is 3. The fourth-order valence-corrected chi connectivity index (χ4v) is 4.59. The number of fused-ring (bicyclic) bond motifs is 1. The average Bonchev–Trinajstić information content (AvgIpc) is 3.13. The summed E-state index contributed by atoms with van der Waals surface area (Å²) in [6.07, 6.45) is 1.39. The molecule has 0 saturated carbocycles. The van der Waals surface area contributed by atoms with E-state index >= 15 is 0 Å². The molecule has 0 aliphatic carbocycles. The van der Waals surface area contributed by atoms with Crippen molar-refractivity contribution in [3.63, 3.8) is 0 Å². The van der Waals surface area contributed by atoms with Gasteiger partial charge in [-0.1, -0.05) is 17.8 Å². The second-order valence-corrected chi connectivity index (χ2v) is 7.31. The Labute approximate surface area is 160 Å². The van der Waals surface area contributed by atoms with Gasteiger partial charge in [-0.3, -0.25) is 19.7 Å². The van der Waals surface area contributed by atoms with E-state index in [0.717, 1.165) is 16.2 Å². The molecule has 2 amide bonds. The summed E-state index contributed by atoms with van der Waals surface area (Å²) in [6, 6.07) is -0.978. The van der Waals surface area contributed by atoms with Crippen LogP contribution in [0.5, 0.6) is 0 Å². The molecule has 1 fully saturated rings. The summed E-state index contributed by atoms with van der Waals surface area (Å²) < 4.78 is 0. The van der Waals surface area contributed by atoms with Crippen LogP contribution >= 0.6 is 23.1 Å². The van der Waals surface area contributed by atoms with Gasteiger partial charge in [0.05, 0.1) is 0 Å². The summed E-state index contributed by atoms with van der Waals surface area (Å²) in [5.74, 6) is -2.38. The first kappa shape index (κ1) is 18.9. The lowest BCUT2D eigenvalue weighted by molar-refractivity contribution is -0.150. The molecular weight excluding hydrogens is 398 g/mol. The number of oxime groups is 1. The third-order valence-corrected chi connectivity index (χ3v) is 5.94. The van der Waals surface area contributed by atoms with E-state index in [1.165, 1.54) is 23.2 Å². The zero-order chi connectivity index (χ0) is 19.7. The van der Waals surface area contributed by atoms with Gasteiger partial charge in [0.15, 0.2) is 5.71 Å². The van der Waals surface area contributed by atoms with Crippen LogP contribution in [-0.4, -0.2) is 66.1 Å². The molecular formula is C14H13N5O6S2. The van der Waals surface area contributed by atoms with Gasteiger partial charge in [-0.05, 0) is 5.57 Å². The fraction of sp³-hybridized carbons (Fsp3) is 0.214. The predicted octanol–water partition coefficient (Wildman–Crippen LogP) is 0.0471. The first-order valence-corrected chi connectivity index (χ1v) is 9.28. The number of carbonyl (C=O) groups excluding carboxylic acids is 2. The maximum Gasteiger partial charge on any atom is 0.352 e. The quantitative estimate of drug-likeness (QED) is 0.188. The minimum Gasteiger partial charge on any atom is -0.477 e. The number of β-lactam (4-membered cyclic amide) rings is 1. The lowest BCUT2D eigenvalue weighted by Crippen LogP contribution is -2.71. The number of anilines is 1. The molecule has 11 nitrogen and oxygen atoms in total. The smallest absolute Gasteiger partial charge is 0.352 e. The summed E-state index contributed by atoms with van der Waals surface area (Å²) in [4.78, 5) is 41.2. The lowest BCUT2D eigenvalue weighted by atomic mass is 10.0. The molecule has 5 N–H and O–H groups in total. The number of carboxylic acid groups (broad SMARTS) is 1. The van der Waals surface area contributed by atoms with E-state index in [-0.39, 0.29) is 16.5 Å². The van der Waals surface area contributed by atoms with E-state index in [2.05, 4.69) is 22.0 Å². The fourth-order valence-electron chi connectivity index (χ4n) is 2.66. The lowest BCUT2D eigenvalue weighted by Gasteiger charge is -2.49. The van der Waals surface area contributed by atoms with Crippen LogP contribution in [0, 0.1) is 0 Å². The van der Waals surface area contributed by atoms with E-state index in [1.54, 1.807) is 5.48 Å². The standard InChI is InChI=1S/C14H13N5O6S2/c1-2-5-3-26-12-8(11(21)19(12)9(5)13(22)23)16-10(20)7(17-24)6-4-27-14(15-6)18-25/h2,4,8,12,24-25H,1,3H2,(H,15,18)(H,16,20)(H,22,23)/b17-7-/t8-,12-/m1/s1. The van der Waals surface area contributed by atoms with Crippen LogP contribution in [0.1, 0.15) is 5.69 Å². The number of rotatable bonds is 6. The van der Waals surface area contributed by atoms with Gasteiger partial charge in [0.25, 0.3) is 11.8 Å². The van der Waals surface area contributed by atoms with Crippen LogP contribution in [0.3, 0.4) is 0 Å². The first-order chi connectivity index (χ1) is 12.9. The van der Waals surface area contributed by atoms with Crippen molar-refractivity contribution >= 4 is 51.7 Å². The molecule has 1 aromatic heterocycles. The van der Waals surface area contributed by atoms with Crippen molar-refractivity contribution in [3.05, 3.63) is 35.0 Å². The van der Waals surface area contributed by atoms with E-state index < -0.39 is 34.9 Å². The van der Waals surface area contributed by atoms with Gasteiger partial charge in [0.1, 0.15) is 22.8 Å². The maximum atomic E-state index is 12.4. The van der Waals surface area contributed by atoms with Crippen LogP contribution < -0.4 is 10.8 Å². The number of aromatic nitrogens is 1. The molecule has 3 rings (SSSR count). The molecule has 0 bridgehead atoms. The van der Waals surface area contributed by atoms with Gasteiger partial charge < -0.3 is 15.6 Å². The average molecular weight is 411 g/mol. The second kappa shape index (κ2) is 7.38. The zero-order valence-electron chi connectivity index (χ0n) is 13.4. The summed E-state index contributed by atoms with van der Waals surface area (Å²) in [7, 11) is 0. The van der Waals surface area contributed by atoms with E-state index in [4.69, 9.17) is 10.4 Å². The summed E-state index contributed by atoms with van der Waals surface area (Å²) in [6.45, 7) is 3.56. The van der Waals surface area contributed by atoms with Crippen molar-refractivity contribution in [2.45, 2.75) is 11.4 Å². The van der Waals surface area contributed by atoms with Crippen molar-refractivity contribution in [2.24, 2.45) is 5.16 Å². The zero-order valence-corrected chi connectivity index (χ0v) is 15.1. The maximum absolute atomic E-state index is 12.4. The van der Waals surface area contributed by atoms with Gasteiger partial charge in [-0.15, -0.1) is 23.1 Å². The summed E-state index contributed by atoms with van der Waals surface area (Å²) in [5.41, 5.74) is 1.62. The molecule has 3 heterocycles. The molecule has 2 aliphatic rings. The summed E-state index contributed by atoms with van der Waals surface area (Å²) >= 11 is 2.25. The largest absolute Gasteiger partial charge is 0.477 e. The van der Waals surface area contributed by atoms with Crippen molar-refractivity contribution < 1.29 is 29.9 Å². The Bertz CT molecular complexity index is 894. The third-order valence-electron chi connectivity index (χ3n) is 3.89. The van der Waals surface area contributed by atoms with E-state index in [0.29, 0.717) is 11.3 Å². The molecule has 2 atom stereocenters. The minimum atomic E-state index is -1.25. The third kappa shape index (κ3) is 3.15. The number of allylic oxidation sites excluding steroid dienone is 1. The second-order valence-electron chi connectivity index (χ2n) is 5.34. The van der Waals surface area contributed by atoms with Crippen molar-refractivity contribution in [1.29, 1.82) is 0 Å². The number of amides is 2.